The number of hydrogen-bond donors (Lipinski definition) is 2. The van der Waals surface area contributed by atoms with Crippen molar-refractivity contribution in [3.8, 4) is 0 Å². The molecule has 4 heteroatoms. The van der Waals surface area contributed by atoms with Gasteiger partial charge in [0.2, 0.25) is 5.91 Å². The van der Waals surface area contributed by atoms with Crippen LogP contribution in [0.25, 0.3) is 0 Å². The molecular weight excluding hydrogens is 280 g/mol. The molecule has 0 aliphatic heterocycles. The van der Waals surface area contributed by atoms with Crippen molar-refractivity contribution in [3.63, 3.8) is 0 Å². The highest BCUT2D eigenvalue weighted by molar-refractivity contribution is 7.80. The standard InChI is InChI=1S/C17H24N2OS/c1-17(10-6-3-7-11-17)12-19-16(20)14(15(18)21)13-8-4-2-5-9-13/h2,4-5,8-9,14H,3,6-7,10-12H2,1H3,(H2,18,21)(H,19,20). The molecule has 0 radical (unpaired) electrons. The molecule has 0 bridgehead atoms. The molecule has 1 amide bonds. The zero-order valence-electron chi connectivity index (χ0n) is 12.6. The van der Waals surface area contributed by atoms with E-state index in [-0.39, 0.29) is 16.3 Å². The highest BCUT2D eigenvalue weighted by Crippen LogP contribution is 2.35. The van der Waals surface area contributed by atoms with Gasteiger partial charge in [0.05, 0.1) is 4.99 Å². The van der Waals surface area contributed by atoms with Crippen LogP contribution in [0.4, 0.5) is 0 Å². The lowest BCUT2D eigenvalue weighted by Gasteiger charge is -2.34. The van der Waals surface area contributed by atoms with E-state index in [9.17, 15) is 4.79 Å². The molecule has 1 aliphatic carbocycles. The molecule has 21 heavy (non-hydrogen) atoms. The highest BCUT2D eigenvalue weighted by Gasteiger charge is 2.29. The molecule has 1 atom stereocenters. The summed E-state index contributed by atoms with van der Waals surface area (Å²) in [5.74, 6) is -0.617. The summed E-state index contributed by atoms with van der Waals surface area (Å²) in [6.07, 6.45) is 6.17. The first-order valence-electron chi connectivity index (χ1n) is 7.64. The summed E-state index contributed by atoms with van der Waals surface area (Å²) < 4.78 is 0. The third-order valence-electron chi connectivity index (χ3n) is 4.43. The SMILES string of the molecule is CC1(CNC(=O)C(C(N)=S)c2ccccc2)CCCCC1. The van der Waals surface area contributed by atoms with Crippen molar-refractivity contribution in [3.05, 3.63) is 35.9 Å². The fourth-order valence-corrected chi connectivity index (χ4v) is 3.32. The maximum Gasteiger partial charge on any atom is 0.234 e. The van der Waals surface area contributed by atoms with Crippen molar-refractivity contribution < 1.29 is 4.79 Å². The Kier molecular flexibility index (Phi) is 5.34. The molecule has 1 aromatic rings. The molecule has 1 fully saturated rings. The molecule has 0 aromatic heterocycles. The molecule has 0 heterocycles. The van der Waals surface area contributed by atoms with Crippen LogP contribution in [-0.4, -0.2) is 17.4 Å². The minimum Gasteiger partial charge on any atom is -0.392 e. The Balaban J connectivity index is 2.01. The van der Waals surface area contributed by atoms with E-state index >= 15 is 0 Å². The predicted octanol–water partition coefficient (Wildman–Crippen LogP) is 3.14. The van der Waals surface area contributed by atoms with Gasteiger partial charge in [0, 0.05) is 6.54 Å². The summed E-state index contributed by atoms with van der Waals surface area (Å²) in [7, 11) is 0. The van der Waals surface area contributed by atoms with Gasteiger partial charge in [-0.15, -0.1) is 0 Å². The molecule has 1 saturated carbocycles. The number of nitrogens with two attached hydrogens (primary N) is 1. The van der Waals surface area contributed by atoms with Crippen LogP contribution in [0.3, 0.4) is 0 Å². The molecule has 114 valence electrons. The van der Waals surface area contributed by atoms with E-state index in [0.29, 0.717) is 6.54 Å². The van der Waals surface area contributed by atoms with E-state index in [4.69, 9.17) is 18.0 Å². The number of rotatable bonds is 5. The van der Waals surface area contributed by atoms with Gasteiger partial charge in [-0.1, -0.05) is 68.7 Å². The Labute approximate surface area is 132 Å². The van der Waals surface area contributed by atoms with Crippen LogP contribution in [0.5, 0.6) is 0 Å². The maximum atomic E-state index is 12.5. The Morgan fingerprint density at radius 3 is 2.48 bits per heavy atom. The second-order valence-corrected chi connectivity index (χ2v) is 6.81. The van der Waals surface area contributed by atoms with Gasteiger partial charge in [0.25, 0.3) is 0 Å². The van der Waals surface area contributed by atoms with E-state index in [1.165, 1.54) is 32.1 Å². The number of thiocarbonyl (C=S) groups is 1. The average molecular weight is 304 g/mol. The van der Waals surface area contributed by atoms with Gasteiger partial charge in [-0.3, -0.25) is 4.79 Å². The first kappa shape index (κ1) is 16.0. The van der Waals surface area contributed by atoms with E-state index in [1.54, 1.807) is 0 Å². The zero-order chi connectivity index (χ0) is 15.3. The van der Waals surface area contributed by atoms with Crippen molar-refractivity contribution in [1.29, 1.82) is 0 Å². The van der Waals surface area contributed by atoms with Crippen LogP contribution in [0, 0.1) is 5.41 Å². The molecule has 1 aromatic carbocycles. The smallest absolute Gasteiger partial charge is 0.234 e. The molecule has 3 N–H and O–H groups in total. The lowest BCUT2D eigenvalue weighted by Crippen LogP contribution is -2.42. The van der Waals surface area contributed by atoms with E-state index in [2.05, 4.69) is 12.2 Å². The normalized spacial score (nSPS) is 18.7. The Bertz CT molecular complexity index is 495. The number of hydrogen-bond acceptors (Lipinski definition) is 2. The Hall–Kier alpha value is -1.42. The predicted molar refractivity (Wildman–Crippen MR) is 90.2 cm³/mol. The Morgan fingerprint density at radius 2 is 1.90 bits per heavy atom. The van der Waals surface area contributed by atoms with Crippen molar-refractivity contribution in [2.75, 3.05) is 6.54 Å². The van der Waals surface area contributed by atoms with Crippen LogP contribution >= 0.6 is 12.2 Å². The summed E-state index contributed by atoms with van der Waals surface area (Å²) >= 11 is 5.09. The van der Waals surface area contributed by atoms with Crippen molar-refractivity contribution >= 4 is 23.1 Å². The van der Waals surface area contributed by atoms with Crippen molar-refractivity contribution in [2.24, 2.45) is 11.1 Å². The van der Waals surface area contributed by atoms with E-state index in [0.717, 1.165) is 5.56 Å². The molecule has 0 spiro atoms. The van der Waals surface area contributed by atoms with Gasteiger partial charge in [0.15, 0.2) is 0 Å². The monoisotopic (exact) mass is 304 g/mol. The minimum absolute atomic E-state index is 0.0829. The number of amides is 1. The van der Waals surface area contributed by atoms with Crippen LogP contribution < -0.4 is 11.1 Å². The minimum atomic E-state index is -0.534. The number of nitrogens with one attached hydrogen (secondary N) is 1. The fourth-order valence-electron chi connectivity index (χ4n) is 3.08. The fraction of sp³-hybridized carbons (Fsp3) is 0.529. The van der Waals surface area contributed by atoms with Gasteiger partial charge >= 0.3 is 0 Å². The Morgan fingerprint density at radius 1 is 1.29 bits per heavy atom. The van der Waals surface area contributed by atoms with Crippen LogP contribution in [0.2, 0.25) is 0 Å². The summed E-state index contributed by atoms with van der Waals surface area (Å²) in [6, 6.07) is 9.51. The average Bonchev–Trinajstić information content (AvgIpc) is 2.47. The number of benzene rings is 1. The topological polar surface area (TPSA) is 55.1 Å². The lowest BCUT2D eigenvalue weighted by atomic mass is 9.75. The van der Waals surface area contributed by atoms with Gasteiger partial charge < -0.3 is 11.1 Å². The van der Waals surface area contributed by atoms with E-state index in [1.807, 2.05) is 30.3 Å². The quantitative estimate of drug-likeness (QED) is 0.822. The highest BCUT2D eigenvalue weighted by atomic mass is 32.1. The van der Waals surface area contributed by atoms with Gasteiger partial charge in [-0.25, -0.2) is 0 Å². The molecule has 0 saturated heterocycles. The number of carbonyl (C=O) groups excluding carboxylic acids is 1. The summed E-state index contributed by atoms with van der Waals surface area (Å²) in [5.41, 5.74) is 6.85. The van der Waals surface area contributed by atoms with Gasteiger partial charge in [0.1, 0.15) is 5.92 Å². The van der Waals surface area contributed by atoms with Gasteiger partial charge in [-0.05, 0) is 23.8 Å². The molecule has 2 rings (SSSR count). The van der Waals surface area contributed by atoms with Crippen LogP contribution in [0.1, 0.15) is 50.5 Å². The second kappa shape index (κ2) is 7.03. The van der Waals surface area contributed by atoms with Crippen LogP contribution in [0.15, 0.2) is 30.3 Å². The summed E-state index contributed by atoms with van der Waals surface area (Å²) in [6.45, 7) is 2.96. The third-order valence-corrected chi connectivity index (χ3v) is 4.67. The lowest BCUT2D eigenvalue weighted by molar-refractivity contribution is -0.121. The van der Waals surface area contributed by atoms with E-state index < -0.39 is 5.92 Å². The van der Waals surface area contributed by atoms with Crippen LogP contribution in [-0.2, 0) is 4.79 Å². The van der Waals surface area contributed by atoms with Crippen molar-refractivity contribution in [1.82, 2.24) is 5.32 Å². The van der Waals surface area contributed by atoms with Crippen molar-refractivity contribution in [2.45, 2.75) is 44.9 Å². The maximum absolute atomic E-state index is 12.5. The summed E-state index contributed by atoms with van der Waals surface area (Å²) in [4.78, 5) is 12.7. The molecule has 1 aliphatic rings. The molecular formula is C17H24N2OS. The first-order chi connectivity index (χ1) is 10.0. The number of carbonyl (C=O) groups is 1. The molecule has 1 unspecified atom stereocenters. The second-order valence-electron chi connectivity index (χ2n) is 6.34. The molecule has 3 nitrogen and oxygen atoms in total. The summed E-state index contributed by atoms with van der Waals surface area (Å²) in [5, 5.41) is 3.07. The third kappa shape index (κ3) is 4.27. The zero-order valence-corrected chi connectivity index (χ0v) is 13.4. The largest absolute Gasteiger partial charge is 0.392 e. The van der Waals surface area contributed by atoms with Gasteiger partial charge in [-0.2, -0.15) is 0 Å². The first-order valence-corrected chi connectivity index (χ1v) is 8.05.